The molecule has 1 aromatic carbocycles. The van der Waals surface area contributed by atoms with Crippen LogP contribution in [0.2, 0.25) is 0 Å². The second-order valence-corrected chi connectivity index (χ2v) is 5.14. The summed E-state index contributed by atoms with van der Waals surface area (Å²) in [6.07, 6.45) is 3.74. The fraction of sp³-hybridized carbons (Fsp3) is 0.600. The molecule has 17 heavy (non-hydrogen) atoms. The summed E-state index contributed by atoms with van der Waals surface area (Å²) in [6.45, 7) is 6.71. The van der Waals surface area contributed by atoms with Crippen LogP contribution in [0.4, 0.5) is 0 Å². The van der Waals surface area contributed by atoms with Gasteiger partial charge in [-0.15, -0.1) is 0 Å². The third-order valence-corrected chi connectivity index (χ3v) is 3.76. The SMILES string of the molecule is CCc1ccc(C(C(C)N)N2CCCC2)cc1. The van der Waals surface area contributed by atoms with E-state index in [0.29, 0.717) is 6.04 Å². The van der Waals surface area contributed by atoms with Gasteiger partial charge < -0.3 is 5.73 Å². The van der Waals surface area contributed by atoms with Crippen LogP contribution in [0.3, 0.4) is 0 Å². The first-order valence-electron chi connectivity index (χ1n) is 6.81. The summed E-state index contributed by atoms with van der Waals surface area (Å²) >= 11 is 0. The Morgan fingerprint density at radius 1 is 1.18 bits per heavy atom. The fourth-order valence-electron chi connectivity index (χ4n) is 2.82. The summed E-state index contributed by atoms with van der Waals surface area (Å²) in [5, 5.41) is 0. The minimum Gasteiger partial charge on any atom is -0.326 e. The van der Waals surface area contributed by atoms with Gasteiger partial charge >= 0.3 is 0 Å². The lowest BCUT2D eigenvalue weighted by atomic mass is 9.98. The van der Waals surface area contributed by atoms with Crippen LogP contribution in [0.15, 0.2) is 24.3 Å². The predicted octanol–water partition coefficient (Wildman–Crippen LogP) is 2.73. The standard InChI is InChI=1S/C15H24N2/c1-3-13-6-8-14(9-7-13)15(12(2)16)17-10-4-5-11-17/h6-9,12,15H,3-5,10-11,16H2,1-2H3. The number of hydrogen-bond acceptors (Lipinski definition) is 2. The summed E-state index contributed by atoms with van der Waals surface area (Å²) in [4.78, 5) is 2.53. The molecule has 0 bridgehead atoms. The zero-order chi connectivity index (χ0) is 12.3. The molecule has 2 N–H and O–H groups in total. The van der Waals surface area contributed by atoms with E-state index in [1.807, 2.05) is 0 Å². The number of rotatable bonds is 4. The van der Waals surface area contributed by atoms with E-state index < -0.39 is 0 Å². The monoisotopic (exact) mass is 232 g/mol. The Labute approximate surface area is 105 Å². The highest BCUT2D eigenvalue weighted by molar-refractivity contribution is 5.26. The highest BCUT2D eigenvalue weighted by Gasteiger charge is 2.26. The normalized spacial score (nSPS) is 20.4. The van der Waals surface area contributed by atoms with E-state index in [1.165, 1.54) is 37.1 Å². The van der Waals surface area contributed by atoms with Gasteiger partial charge in [-0.3, -0.25) is 4.90 Å². The molecule has 2 atom stereocenters. The van der Waals surface area contributed by atoms with Crippen LogP contribution in [0.5, 0.6) is 0 Å². The second kappa shape index (κ2) is 5.65. The molecule has 0 aliphatic carbocycles. The third kappa shape index (κ3) is 2.88. The molecular formula is C15H24N2. The lowest BCUT2D eigenvalue weighted by Gasteiger charge is -2.31. The first-order chi connectivity index (χ1) is 8.22. The maximum atomic E-state index is 6.18. The number of aryl methyl sites for hydroxylation is 1. The van der Waals surface area contributed by atoms with Crippen molar-refractivity contribution in [2.24, 2.45) is 5.73 Å². The van der Waals surface area contributed by atoms with E-state index in [4.69, 9.17) is 5.73 Å². The van der Waals surface area contributed by atoms with Crippen molar-refractivity contribution in [3.63, 3.8) is 0 Å². The Bertz CT molecular complexity index is 336. The Morgan fingerprint density at radius 2 is 1.76 bits per heavy atom. The number of nitrogens with zero attached hydrogens (tertiary/aromatic N) is 1. The summed E-state index contributed by atoms with van der Waals surface area (Å²) in [7, 11) is 0. The van der Waals surface area contributed by atoms with E-state index in [-0.39, 0.29) is 6.04 Å². The number of nitrogens with two attached hydrogens (primary N) is 1. The maximum Gasteiger partial charge on any atom is 0.0496 e. The van der Waals surface area contributed by atoms with Gasteiger partial charge in [-0.1, -0.05) is 31.2 Å². The van der Waals surface area contributed by atoms with Crippen LogP contribution in [0, 0.1) is 0 Å². The minimum atomic E-state index is 0.195. The molecule has 1 heterocycles. The molecule has 2 unspecified atom stereocenters. The quantitative estimate of drug-likeness (QED) is 0.865. The van der Waals surface area contributed by atoms with Crippen molar-refractivity contribution in [1.82, 2.24) is 4.90 Å². The molecule has 1 saturated heterocycles. The van der Waals surface area contributed by atoms with Gasteiger partial charge in [-0.05, 0) is 50.4 Å². The van der Waals surface area contributed by atoms with Gasteiger partial charge in [0.15, 0.2) is 0 Å². The van der Waals surface area contributed by atoms with Gasteiger partial charge in [0.05, 0.1) is 0 Å². The van der Waals surface area contributed by atoms with Crippen molar-refractivity contribution >= 4 is 0 Å². The van der Waals surface area contributed by atoms with Crippen molar-refractivity contribution in [3.8, 4) is 0 Å². The van der Waals surface area contributed by atoms with Crippen molar-refractivity contribution in [2.75, 3.05) is 13.1 Å². The summed E-state index contributed by atoms with van der Waals surface area (Å²) in [5.74, 6) is 0. The molecular weight excluding hydrogens is 208 g/mol. The van der Waals surface area contributed by atoms with Gasteiger partial charge in [0.2, 0.25) is 0 Å². The third-order valence-electron chi connectivity index (χ3n) is 3.76. The van der Waals surface area contributed by atoms with E-state index in [2.05, 4.69) is 43.0 Å². The largest absolute Gasteiger partial charge is 0.326 e. The van der Waals surface area contributed by atoms with Crippen LogP contribution in [0.25, 0.3) is 0 Å². The average molecular weight is 232 g/mol. The Hall–Kier alpha value is -0.860. The smallest absolute Gasteiger partial charge is 0.0496 e. The van der Waals surface area contributed by atoms with E-state index in [1.54, 1.807) is 0 Å². The van der Waals surface area contributed by atoms with E-state index in [9.17, 15) is 0 Å². The lowest BCUT2D eigenvalue weighted by molar-refractivity contribution is 0.219. The van der Waals surface area contributed by atoms with Crippen LogP contribution in [0.1, 0.15) is 43.9 Å². The van der Waals surface area contributed by atoms with E-state index in [0.717, 1.165) is 6.42 Å². The Morgan fingerprint density at radius 3 is 2.24 bits per heavy atom. The van der Waals surface area contributed by atoms with Crippen LogP contribution >= 0.6 is 0 Å². The first-order valence-corrected chi connectivity index (χ1v) is 6.81. The van der Waals surface area contributed by atoms with Crippen molar-refractivity contribution < 1.29 is 0 Å². The highest BCUT2D eigenvalue weighted by Crippen LogP contribution is 2.27. The van der Waals surface area contributed by atoms with Gasteiger partial charge in [-0.25, -0.2) is 0 Å². The predicted molar refractivity (Wildman–Crippen MR) is 73.0 cm³/mol. The van der Waals surface area contributed by atoms with Crippen molar-refractivity contribution in [2.45, 2.75) is 45.2 Å². The molecule has 1 aliphatic rings. The number of hydrogen-bond donors (Lipinski definition) is 1. The molecule has 2 heteroatoms. The van der Waals surface area contributed by atoms with Gasteiger partial charge in [0.1, 0.15) is 0 Å². The molecule has 0 spiro atoms. The number of likely N-dealkylation sites (tertiary alicyclic amines) is 1. The molecule has 0 radical (unpaired) electrons. The minimum absolute atomic E-state index is 0.195. The lowest BCUT2D eigenvalue weighted by Crippen LogP contribution is -2.37. The zero-order valence-corrected chi connectivity index (χ0v) is 11.0. The fourth-order valence-corrected chi connectivity index (χ4v) is 2.82. The molecule has 0 aromatic heterocycles. The molecule has 1 aliphatic heterocycles. The van der Waals surface area contributed by atoms with Gasteiger partial charge in [-0.2, -0.15) is 0 Å². The molecule has 1 fully saturated rings. The maximum absolute atomic E-state index is 6.18. The topological polar surface area (TPSA) is 29.3 Å². The highest BCUT2D eigenvalue weighted by atomic mass is 15.2. The summed E-state index contributed by atoms with van der Waals surface area (Å²) in [6, 6.07) is 9.57. The van der Waals surface area contributed by atoms with E-state index >= 15 is 0 Å². The molecule has 0 amide bonds. The van der Waals surface area contributed by atoms with Gasteiger partial charge in [0.25, 0.3) is 0 Å². The molecule has 2 nitrogen and oxygen atoms in total. The average Bonchev–Trinajstić information content (AvgIpc) is 2.83. The van der Waals surface area contributed by atoms with Crippen molar-refractivity contribution in [1.29, 1.82) is 0 Å². The van der Waals surface area contributed by atoms with Crippen LogP contribution in [-0.4, -0.2) is 24.0 Å². The molecule has 94 valence electrons. The summed E-state index contributed by atoms with van der Waals surface area (Å²) < 4.78 is 0. The summed E-state index contributed by atoms with van der Waals surface area (Å²) in [5.41, 5.74) is 8.95. The Balaban J connectivity index is 2.19. The molecule has 2 rings (SSSR count). The Kier molecular flexibility index (Phi) is 4.19. The van der Waals surface area contributed by atoms with Crippen LogP contribution in [-0.2, 0) is 6.42 Å². The van der Waals surface area contributed by atoms with Crippen molar-refractivity contribution in [3.05, 3.63) is 35.4 Å². The first kappa shape index (κ1) is 12.6. The van der Waals surface area contributed by atoms with Crippen LogP contribution < -0.4 is 5.73 Å². The van der Waals surface area contributed by atoms with Gasteiger partial charge in [0, 0.05) is 12.1 Å². The molecule has 1 aromatic rings. The zero-order valence-electron chi connectivity index (χ0n) is 11.0. The molecule has 0 saturated carbocycles. The number of benzene rings is 1. The second-order valence-electron chi connectivity index (χ2n) is 5.14.